The average Bonchev–Trinajstić information content (AvgIpc) is 3.52. The minimum atomic E-state index is -1.01. The molecule has 2 aromatic carbocycles. The Balaban J connectivity index is 1.25. The van der Waals surface area contributed by atoms with Crippen LogP contribution in [0.2, 0.25) is 0 Å². The fourth-order valence-corrected chi connectivity index (χ4v) is 4.47. The lowest BCUT2D eigenvalue weighted by atomic mass is 10.0. The van der Waals surface area contributed by atoms with Crippen molar-refractivity contribution in [1.29, 1.82) is 0 Å². The molecule has 0 saturated heterocycles. The molecule has 0 atom stereocenters. The van der Waals surface area contributed by atoms with E-state index in [2.05, 4.69) is 15.6 Å². The molecule has 5 rings (SSSR count). The molecule has 0 radical (unpaired) electrons. The van der Waals surface area contributed by atoms with Crippen molar-refractivity contribution in [2.24, 2.45) is 5.41 Å². The maximum atomic E-state index is 12.8. The van der Waals surface area contributed by atoms with Crippen LogP contribution in [0.5, 0.6) is 11.5 Å². The van der Waals surface area contributed by atoms with E-state index in [1.807, 2.05) is 37.3 Å². The number of carbonyl (C=O) groups is 2. The first-order chi connectivity index (χ1) is 15.5. The molecule has 2 amide bonds. The molecule has 0 aliphatic heterocycles. The molecule has 2 N–H and O–H groups in total. The second kappa shape index (κ2) is 8.09. The summed E-state index contributed by atoms with van der Waals surface area (Å²) < 4.78 is 7.05. The van der Waals surface area contributed by atoms with Gasteiger partial charge in [0.05, 0.1) is 10.2 Å². The van der Waals surface area contributed by atoms with Gasteiger partial charge >= 0.3 is 0 Å². The summed E-state index contributed by atoms with van der Waals surface area (Å²) in [4.78, 5) is 31.1. The van der Waals surface area contributed by atoms with Crippen molar-refractivity contribution in [3.8, 4) is 11.5 Å². The number of nitrogens with zero attached hydrogens (tertiary/aromatic N) is 1. The lowest BCUT2D eigenvalue weighted by Crippen LogP contribution is -2.35. The van der Waals surface area contributed by atoms with Crippen LogP contribution < -0.4 is 15.4 Å². The van der Waals surface area contributed by atoms with Gasteiger partial charge in [-0.2, -0.15) is 0 Å². The van der Waals surface area contributed by atoms with Crippen LogP contribution in [0.3, 0.4) is 0 Å². The van der Waals surface area contributed by atoms with Gasteiger partial charge in [0.25, 0.3) is 0 Å². The number of pyridine rings is 1. The number of ether oxygens (including phenoxy) is 1. The molecule has 2 heterocycles. The summed E-state index contributed by atoms with van der Waals surface area (Å²) in [6.07, 6.45) is 2.81. The van der Waals surface area contributed by atoms with E-state index in [1.54, 1.807) is 53.9 Å². The molecule has 2 aromatic heterocycles. The number of amides is 2. The smallest absolute Gasteiger partial charge is 0.240 e. The number of thiophene rings is 1. The van der Waals surface area contributed by atoms with Crippen molar-refractivity contribution in [2.75, 3.05) is 10.6 Å². The number of hydrogen-bond donors (Lipinski definition) is 2. The third kappa shape index (κ3) is 3.94. The predicted octanol–water partition coefficient (Wildman–Crippen LogP) is 5.75. The van der Waals surface area contributed by atoms with E-state index in [-0.39, 0.29) is 11.8 Å². The summed E-state index contributed by atoms with van der Waals surface area (Å²) >= 11 is 1.64. The highest BCUT2D eigenvalue weighted by Gasteiger charge is 2.56. The molecular formula is C25H21N3O3S. The standard InChI is InChI=1S/C25H21N3O3S/c1-16-15-20-22(32-16)21(11-14-26-20)31-19-9-7-18(8-10-19)28-24(30)25(12-13-25)23(29)27-17-5-3-2-4-6-17/h2-11,14-15H,12-13H2,1H3,(H,27,29)(H,28,30). The summed E-state index contributed by atoms with van der Waals surface area (Å²) in [5.41, 5.74) is 1.21. The number of aryl methyl sites for hydroxylation is 1. The third-order valence-corrected chi connectivity index (χ3v) is 6.54. The molecule has 6 nitrogen and oxygen atoms in total. The maximum Gasteiger partial charge on any atom is 0.240 e. The number of para-hydroxylation sites is 1. The number of fused-ring (bicyclic) bond motifs is 1. The van der Waals surface area contributed by atoms with Crippen LogP contribution >= 0.6 is 11.3 Å². The quantitative estimate of drug-likeness (QED) is 0.372. The number of rotatable bonds is 6. The fraction of sp³-hybridized carbons (Fsp3) is 0.160. The normalized spacial score (nSPS) is 14.0. The van der Waals surface area contributed by atoms with Gasteiger partial charge in [-0.1, -0.05) is 18.2 Å². The van der Waals surface area contributed by atoms with Gasteiger partial charge in [0.1, 0.15) is 16.9 Å². The molecule has 0 bridgehead atoms. The summed E-state index contributed by atoms with van der Waals surface area (Å²) in [7, 11) is 0. The topological polar surface area (TPSA) is 80.3 Å². The predicted molar refractivity (Wildman–Crippen MR) is 126 cm³/mol. The summed E-state index contributed by atoms with van der Waals surface area (Å²) in [5.74, 6) is 0.850. The van der Waals surface area contributed by atoms with Gasteiger partial charge < -0.3 is 15.4 Å². The first-order valence-electron chi connectivity index (χ1n) is 10.3. The van der Waals surface area contributed by atoms with Crippen molar-refractivity contribution in [3.63, 3.8) is 0 Å². The van der Waals surface area contributed by atoms with E-state index in [9.17, 15) is 9.59 Å². The minimum Gasteiger partial charge on any atom is -0.456 e. The Kier molecular flexibility index (Phi) is 5.11. The Hall–Kier alpha value is -3.71. The van der Waals surface area contributed by atoms with Gasteiger partial charge in [-0.3, -0.25) is 14.6 Å². The highest BCUT2D eigenvalue weighted by molar-refractivity contribution is 7.19. The van der Waals surface area contributed by atoms with Crippen molar-refractivity contribution < 1.29 is 14.3 Å². The average molecular weight is 444 g/mol. The van der Waals surface area contributed by atoms with E-state index in [0.717, 1.165) is 16.0 Å². The van der Waals surface area contributed by atoms with Gasteiger partial charge in [-0.05, 0) is 62.2 Å². The van der Waals surface area contributed by atoms with Gasteiger partial charge in [0.15, 0.2) is 0 Å². The minimum absolute atomic E-state index is 0.269. The second-order valence-corrected chi connectivity index (χ2v) is 9.12. The Morgan fingerprint density at radius 2 is 1.59 bits per heavy atom. The van der Waals surface area contributed by atoms with Crippen molar-refractivity contribution in [3.05, 3.63) is 77.8 Å². The zero-order valence-electron chi connectivity index (χ0n) is 17.4. The zero-order chi connectivity index (χ0) is 22.1. The second-order valence-electron chi connectivity index (χ2n) is 7.86. The van der Waals surface area contributed by atoms with Crippen LogP contribution in [-0.4, -0.2) is 16.8 Å². The Bertz CT molecular complexity index is 1300. The summed E-state index contributed by atoms with van der Waals surface area (Å²) in [5, 5.41) is 5.71. The highest BCUT2D eigenvalue weighted by Crippen LogP contribution is 2.47. The number of aromatic nitrogens is 1. The van der Waals surface area contributed by atoms with Crippen LogP contribution in [0.4, 0.5) is 11.4 Å². The fourth-order valence-electron chi connectivity index (χ4n) is 3.55. The number of carbonyl (C=O) groups excluding carboxylic acids is 2. The molecule has 7 heteroatoms. The van der Waals surface area contributed by atoms with Crippen molar-refractivity contribution in [1.82, 2.24) is 4.98 Å². The molecule has 160 valence electrons. The van der Waals surface area contributed by atoms with Crippen molar-refractivity contribution in [2.45, 2.75) is 19.8 Å². The van der Waals surface area contributed by atoms with Gasteiger partial charge in [-0.15, -0.1) is 11.3 Å². The van der Waals surface area contributed by atoms with Crippen LogP contribution in [-0.2, 0) is 9.59 Å². The Labute approximate surface area is 189 Å². The first-order valence-corrected chi connectivity index (χ1v) is 11.2. The largest absolute Gasteiger partial charge is 0.456 e. The summed E-state index contributed by atoms with van der Waals surface area (Å²) in [6.45, 7) is 2.04. The van der Waals surface area contributed by atoms with Crippen LogP contribution in [0.25, 0.3) is 10.2 Å². The number of anilines is 2. The van der Waals surface area contributed by atoms with E-state index in [0.29, 0.717) is 30.0 Å². The van der Waals surface area contributed by atoms with Crippen LogP contribution in [0.1, 0.15) is 17.7 Å². The Morgan fingerprint density at radius 3 is 2.25 bits per heavy atom. The van der Waals surface area contributed by atoms with Gasteiger partial charge in [0.2, 0.25) is 11.8 Å². The highest BCUT2D eigenvalue weighted by atomic mass is 32.1. The molecule has 1 aliphatic carbocycles. The molecule has 32 heavy (non-hydrogen) atoms. The molecule has 1 aliphatic rings. The number of nitrogens with one attached hydrogen (secondary N) is 2. The molecule has 0 unspecified atom stereocenters. The van der Waals surface area contributed by atoms with Gasteiger partial charge in [-0.25, -0.2) is 0 Å². The van der Waals surface area contributed by atoms with E-state index < -0.39 is 5.41 Å². The number of benzene rings is 2. The van der Waals surface area contributed by atoms with E-state index in [1.165, 1.54) is 4.88 Å². The SMILES string of the molecule is Cc1cc2nccc(Oc3ccc(NC(=O)C4(C(=O)Nc5ccccc5)CC4)cc3)c2s1. The third-order valence-electron chi connectivity index (χ3n) is 5.49. The summed E-state index contributed by atoms with van der Waals surface area (Å²) in [6, 6.07) is 20.2. The first kappa shape index (κ1) is 20.2. The molecule has 0 spiro atoms. The lowest BCUT2D eigenvalue weighted by molar-refractivity contribution is -0.131. The maximum absolute atomic E-state index is 12.8. The molecule has 1 fully saturated rings. The number of hydrogen-bond acceptors (Lipinski definition) is 5. The zero-order valence-corrected chi connectivity index (χ0v) is 18.2. The van der Waals surface area contributed by atoms with Crippen LogP contribution in [0.15, 0.2) is 72.9 Å². The lowest BCUT2D eigenvalue weighted by Gasteiger charge is -2.16. The van der Waals surface area contributed by atoms with E-state index >= 15 is 0 Å². The molecule has 1 saturated carbocycles. The van der Waals surface area contributed by atoms with Gasteiger partial charge in [0, 0.05) is 28.5 Å². The Morgan fingerprint density at radius 1 is 0.938 bits per heavy atom. The van der Waals surface area contributed by atoms with E-state index in [4.69, 9.17) is 4.74 Å². The van der Waals surface area contributed by atoms with Crippen molar-refractivity contribution >= 4 is 44.7 Å². The molecule has 4 aromatic rings. The monoisotopic (exact) mass is 443 g/mol. The molecular weight excluding hydrogens is 422 g/mol. The van der Waals surface area contributed by atoms with Crippen LogP contribution in [0, 0.1) is 12.3 Å².